The summed E-state index contributed by atoms with van der Waals surface area (Å²) in [6.45, 7) is 2.60. The second-order valence-electron chi connectivity index (χ2n) is 6.64. The number of nitrogens with zero attached hydrogens (tertiary/aromatic N) is 1. The van der Waals surface area contributed by atoms with Crippen molar-refractivity contribution in [2.24, 2.45) is 5.92 Å². The quantitative estimate of drug-likeness (QED) is 0.884. The molecule has 2 fully saturated rings. The summed E-state index contributed by atoms with van der Waals surface area (Å²) in [5.41, 5.74) is 1.74. The molecule has 0 aromatic heterocycles. The third-order valence-corrected chi connectivity index (χ3v) is 6.42. The fourth-order valence-electron chi connectivity index (χ4n) is 3.01. The van der Waals surface area contributed by atoms with E-state index in [-0.39, 0.29) is 17.4 Å². The normalized spacial score (nSPS) is 21.6. The molecule has 6 heteroatoms. The lowest BCUT2D eigenvalue weighted by Crippen LogP contribution is -2.39. The van der Waals surface area contributed by atoms with Gasteiger partial charge in [-0.1, -0.05) is 18.6 Å². The maximum absolute atomic E-state index is 12.2. The molecule has 1 N–H and O–H groups in total. The SMILES string of the molecule is O=C(NCC1CCC1)c1cccc(CN2CCS(=O)(=O)CC2)c1. The Hall–Kier alpha value is -1.40. The van der Waals surface area contributed by atoms with Crippen LogP contribution >= 0.6 is 0 Å². The summed E-state index contributed by atoms with van der Waals surface area (Å²) < 4.78 is 22.9. The molecule has 23 heavy (non-hydrogen) atoms. The van der Waals surface area contributed by atoms with Gasteiger partial charge in [-0.05, 0) is 36.5 Å². The van der Waals surface area contributed by atoms with E-state index in [9.17, 15) is 13.2 Å². The minimum atomic E-state index is -2.85. The molecular formula is C17H24N2O3S. The molecule has 1 amide bonds. The Morgan fingerprint density at radius 2 is 1.96 bits per heavy atom. The molecule has 1 saturated heterocycles. The maximum Gasteiger partial charge on any atom is 0.251 e. The monoisotopic (exact) mass is 336 g/mol. The minimum Gasteiger partial charge on any atom is -0.352 e. The van der Waals surface area contributed by atoms with Crippen LogP contribution in [0.1, 0.15) is 35.2 Å². The number of hydrogen-bond acceptors (Lipinski definition) is 4. The lowest BCUT2D eigenvalue weighted by Gasteiger charge is -2.26. The van der Waals surface area contributed by atoms with Gasteiger partial charge < -0.3 is 5.32 Å². The Morgan fingerprint density at radius 1 is 1.22 bits per heavy atom. The first kappa shape index (κ1) is 16.5. The highest BCUT2D eigenvalue weighted by Gasteiger charge is 2.22. The van der Waals surface area contributed by atoms with Crippen LogP contribution in [0, 0.1) is 5.92 Å². The summed E-state index contributed by atoms with van der Waals surface area (Å²) in [4.78, 5) is 14.3. The Kier molecular flexibility index (Phi) is 5.02. The summed E-state index contributed by atoms with van der Waals surface area (Å²) in [5.74, 6) is 1.10. The van der Waals surface area contributed by atoms with Crippen LogP contribution in [0.15, 0.2) is 24.3 Å². The topological polar surface area (TPSA) is 66.5 Å². The fourth-order valence-corrected chi connectivity index (χ4v) is 4.29. The fraction of sp³-hybridized carbons (Fsp3) is 0.588. The van der Waals surface area contributed by atoms with Crippen LogP contribution in [-0.4, -0.2) is 50.4 Å². The van der Waals surface area contributed by atoms with Crippen LogP contribution < -0.4 is 5.32 Å². The largest absolute Gasteiger partial charge is 0.352 e. The van der Waals surface area contributed by atoms with Gasteiger partial charge in [0, 0.05) is 31.7 Å². The second-order valence-corrected chi connectivity index (χ2v) is 8.94. The summed E-state index contributed by atoms with van der Waals surface area (Å²) in [6.07, 6.45) is 3.72. The predicted octanol–water partition coefficient (Wildman–Crippen LogP) is 1.45. The number of nitrogens with one attached hydrogen (secondary N) is 1. The molecule has 0 spiro atoms. The van der Waals surface area contributed by atoms with Gasteiger partial charge in [-0.2, -0.15) is 0 Å². The van der Waals surface area contributed by atoms with Crippen LogP contribution in [0.5, 0.6) is 0 Å². The minimum absolute atomic E-state index is 0.0139. The number of rotatable bonds is 5. The molecule has 0 bridgehead atoms. The first-order valence-electron chi connectivity index (χ1n) is 8.32. The molecule has 1 saturated carbocycles. The van der Waals surface area contributed by atoms with Gasteiger partial charge >= 0.3 is 0 Å². The summed E-state index contributed by atoms with van der Waals surface area (Å²) in [7, 11) is -2.85. The molecule has 0 unspecified atom stereocenters. The van der Waals surface area contributed by atoms with Crippen LogP contribution in [0.25, 0.3) is 0 Å². The van der Waals surface area contributed by atoms with Crippen molar-refractivity contribution in [1.29, 1.82) is 0 Å². The molecule has 1 aliphatic carbocycles. The highest BCUT2D eigenvalue weighted by molar-refractivity contribution is 7.91. The van der Waals surface area contributed by atoms with Crippen LogP contribution in [0.3, 0.4) is 0 Å². The van der Waals surface area contributed by atoms with E-state index in [1.54, 1.807) is 0 Å². The van der Waals surface area contributed by atoms with Gasteiger partial charge in [0.05, 0.1) is 11.5 Å². The van der Waals surface area contributed by atoms with Gasteiger partial charge in [0.2, 0.25) is 0 Å². The molecule has 2 aliphatic rings. The molecule has 126 valence electrons. The molecule has 1 heterocycles. The van der Waals surface area contributed by atoms with Crippen molar-refractivity contribution in [2.75, 3.05) is 31.1 Å². The van der Waals surface area contributed by atoms with Crippen LogP contribution in [0.4, 0.5) is 0 Å². The van der Waals surface area contributed by atoms with E-state index in [1.165, 1.54) is 19.3 Å². The standard InChI is InChI=1S/C17H24N2O3S/c20-17(18-12-14-3-1-4-14)16-6-2-5-15(11-16)13-19-7-9-23(21,22)10-8-19/h2,5-6,11,14H,1,3-4,7-10,12-13H2,(H,18,20). The second kappa shape index (κ2) is 7.01. The van der Waals surface area contributed by atoms with Crippen LogP contribution in [-0.2, 0) is 16.4 Å². The van der Waals surface area contributed by atoms with Crippen LogP contribution in [0.2, 0.25) is 0 Å². The number of amides is 1. The van der Waals surface area contributed by atoms with Gasteiger partial charge in [0.1, 0.15) is 0 Å². The van der Waals surface area contributed by atoms with Crippen molar-refractivity contribution in [3.63, 3.8) is 0 Å². The zero-order chi connectivity index (χ0) is 16.3. The van der Waals surface area contributed by atoms with E-state index in [1.807, 2.05) is 24.3 Å². The van der Waals surface area contributed by atoms with Crippen molar-refractivity contribution in [1.82, 2.24) is 10.2 Å². The average Bonchev–Trinajstić information content (AvgIpc) is 2.48. The number of hydrogen-bond donors (Lipinski definition) is 1. The van der Waals surface area contributed by atoms with Gasteiger partial charge in [0.15, 0.2) is 9.84 Å². The van der Waals surface area contributed by atoms with Gasteiger partial charge in [-0.15, -0.1) is 0 Å². The summed E-state index contributed by atoms with van der Waals surface area (Å²) >= 11 is 0. The first-order chi connectivity index (χ1) is 11.0. The smallest absolute Gasteiger partial charge is 0.251 e. The number of sulfone groups is 1. The van der Waals surface area contributed by atoms with Crippen molar-refractivity contribution < 1.29 is 13.2 Å². The van der Waals surface area contributed by atoms with Crippen molar-refractivity contribution >= 4 is 15.7 Å². The lowest BCUT2D eigenvalue weighted by molar-refractivity contribution is 0.0939. The molecule has 1 aliphatic heterocycles. The lowest BCUT2D eigenvalue weighted by atomic mass is 9.85. The van der Waals surface area contributed by atoms with E-state index < -0.39 is 9.84 Å². The van der Waals surface area contributed by atoms with Gasteiger partial charge in [-0.25, -0.2) is 8.42 Å². The molecule has 0 atom stereocenters. The third kappa shape index (κ3) is 4.54. The van der Waals surface area contributed by atoms with E-state index >= 15 is 0 Å². The molecule has 3 rings (SSSR count). The third-order valence-electron chi connectivity index (χ3n) is 4.81. The molecule has 1 aromatic rings. The number of carbonyl (C=O) groups is 1. The molecule has 5 nitrogen and oxygen atoms in total. The maximum atomic E-state index is 12.2. The number of carbonyl (C=O) groups excluding carboxylic acids is 1. The Morgan fingerprint density at radius 3 is 2.61 bits per heavy atom. The Balaban J connectivity index is 1.55. The molecule has 0 radical (unpaired) electrons. The van der Waals surface area contributed by atoms with Crippen molar-refractivity contribution in [3.8, 4) is 0 Å². The first-order valence-corrected chi connectivity index (χ1v) is 10.1. The highest BCUT2D eigenvalue weighted by Crippen LogP contribution is 2.25. The van der Waals surface area contributed by atoms with Crippen molar-refractivity contribution in [3.05, 3.63) is 35.4 Å². The molecular weight excluding hydrogens is 312 g/mol. The predicted molar refractivity (Wildman–Crippen MR) is 90.0 cm³/mol. The van der Waals surface area contributed by atoms with Gasteiger partial charge in [-0.3, -0.25) is 9.69 Å². The van der Waals surface area contributed by atoms with Crippen molar-refractivity contribution in [2.45, 2.75) is 25.8 Å². The Labute approximate surface area is 138 Å². The van der Waals surface area contributed by atoms with Gasteiger partial charge in [0.25, 0.3) is 5.91 Å². The zero-order valence-electron chi connectivity index (χ0n) is 13.3. The van der Waals surface area contributed by atoms with E-state index in [0.717, 1.165) is 12.1 Å². The van der Waals surface area contributed by atoms with E-state index in [4.69, 9.17) is 0 Å². The summed E-state index contributed by atoms with van der Waals surface area (Å²) in [6, 6.07) is 7.64. The van der Waals surface area contributed by atoms with E-state index in [2.05, 4.69) is 10.2 Å². The van der Waals surface area contributed by atoms with E-state index in [0.29, 0.717) is 31.1 Å². The molecule has 1 aromatic carbocycles. The Bertz CT molecular complexity index is 654. The highest BCUT2D eigenvalue weighted by atomic mass is 32.2. The summed E-state index contributed by atoms with van der Waals surface area (Å²) in [5, 5.41) is 3.01. The zero-order valence-corrected chi connectivity index (χ0v) is 14.1. The number of benzene rings is 1. The average molecular weight is 336 g/mol.